The van der Waals surface area contributed by atoms with Crippen molar-refractivity contribution >= 4 is 23.4 Å². The Kier molecular flexibility index (Phi) is 3.57. The number of aliphatic imine (C=N–C) groups is 1. The van der Waals surface area contributed by atoms with Gasteiger partial charge in [0.2, 0.25) is 5.90 Å². The van der Waals surface area contributed by atoms with Crippen LogP contribution in [-0.4, -0.2) is 24.3 Å². The van der Waals surface area contributed by atoms with E-state index in [0.29, 0.717) is 23.9 Å². The van der Waals surface area contributed by atoms with Crippen LogP contribution in [0.5, 0.6) is 0 Å². The maximum Gasteiger partial charge on any atom is 0.281 e. The summed E-state index contributed by atoms with van der Waals surface area (Å²) in [6, 6.07) is 7.30. The summed E-state index contributed by atoms with van der Waals surface area (Å²) in [5.74, 6) is 0.851. The fourth-order valence-electron chi connectivity index (χ4n) is 1.54. The van der Waals surface area contributed by atoms with Gasteiger partial charge in [0.05, 0.1) is 12.2 Å². The van der Waals surface area contributed by atoms with Gasteiger partial charge in [-0.2, -0.15) is 4.99 Å². The molecule has 0 aliphatic carbocycles. The third kappa shape index (κ3) is 2.25. The van der Waals surface area contributed by atoms with E-state index in [-0.39, 0.29) is 5.91 Å². The summed E-state index contributed by atoms with van der Waals surface area (Å²) in [6.45, 7) is 0.549. The van der Waals surface area contributed by atoms with Gasteiger partial charge in [-0.3, -0.25) is 4.79 Å². The van der Waals surface area contributed by atoms with E-state index in [1.165, 1.54) is 0 Å². The van der Waals surface area contributed by atoms with Gasteiger partial charge in [-0.15, -0.1) is 11.6 Å². The number of ether oxygens (including phenoxy) is 1. The molecule has 1 aliphatic rings. The highest BCUT2D eigenvalue weighted by Crippen LogP contribution is 2.19. The predicted molar refractivity (Wildman–Crippen MR) is 63.2 cm³/mol. The predicted octanol–water partition coefficient (Wildman–Crippen LogP) is 2.62. The Morgan fingerprint density at radius 1 is 1.19 bits per heavy atom. The SMILES string of the molecule is O=C1N=C(OCCCCCl)c2ccccc21. The minimum absolute atomic E-state index is 0.219. The molecule has 0 radical (unpaired) electrons. The van der Waals surface area contributed by atoms with Gasteiger partial charge in [-0.1, -0.05) is 12.1 Å². The van der Waals surface area contributed by atoms with Crippen LogP contribution in [0.1, 0.15) is 28.8 Å². The van der Waals surface area contributed by atoms with Gasteiger partial charge >= 0.3 is 0 Å². The fourth-order valence-corrected chi connectivity index (χ4v) is 1.73. The Hall–Kier alpha value is -1.35. The number of rotatable bonds is 4. The van der Waals surface area contributed by atoms with E-state index < -0.39 is 0 Å². The second-order valence-corrected chi connectivity index (χ2v) is 3.89. The Labute approximate surface area is 99.1 Å². The average Bonchev–Trinajstić information content (AvgIpc) is 2.63. The van der Waals surface area contributed by atoms with Crippen molar-refractivity contribution in [1.82, 2.24) is 0 Å². The van der Waals surface area contributed by atoms with Crippen LogP contribution in [0.2, 0.25) is 0 Å². The van der Waals surface area contributed by atoms with Crippen molar-refractivity contribution in [3.8, 4) is 0 Å². The number of unbranched alkanes of at least 4 members (excludes halogenated alkanes) is 1. The van der Waals surface area contributed by atoms with Crippen molar-refractivity contribution in [3.05, 3.63) is 35.4 Å². The smallest absolute Gasteiger partial charge is 0.281 e. The standard InChI is InChI=1S/C12H12ClNO2/c13-7-3-4-8-16-12-10-6-2-1-5-9(10)11(15)14-12/h1-2,5-6H,3-4,7-8H2. The van der Waals surface area contributed by atoms with Gasteiger partial charge < -0.3 is 4.74 Å². The molecule has 0 fully saturated rings. The van der Waals surface area contributed by atoms with E-state index in [2.05, 4.69) is 4.99 Å². The largest absolute Gasteiger partial charge is 0.477 e. The number of carbonyl (C=O) groups is 1. The number of hydrogen-bond donors (Lipinski definition) is 0. The molecular weight excluding hydrogens is 226 g/mol. The minimum atomic E-state index is -0.219. The molecule has 0 aromatic heterocycles. The first-order valence-corrected chi connectivity index (χ1v) is 5.77. The first-order valence-electron chi connectivity index (χ1n) is 5.24. The number of carbonyl (C=O) groups excluding carboxylic acids is 1. The summed E-state index contributed by atoms with van der Waals surface area (Å²) in [7, 11) is 0. The molecule has 1 heterocycles. The minimum Gasteiger partial charge on any atom is -0.477 e. The molecule has 0 spiro atoms. The van der Waals surface area contributed by atoms with Crippen LogP contribution in [0.15, 0.2) is 29.3 Å². The molecule has 1 amide bonds. The second kappa shape index (κ2) is 5.12. The average molecular weight is 238 g/mol. The molecule has 2 rings (SSSR count). The number of halogens is 1. The van der Waals surface area contributed by atoms with Crippen LogP contribution in [0.4, 0.5) is 0 Å². The number of alkyl halides is 1. The van der Waals surface area contributed by atoms with Crippen LogP contribution in [0.25, 0.3) is 0 Å². The molecule has 0 saturated heterocycles. The monoisotopic (exact) mass is 237 g/mol. The summed E-state index contributed by atoms with van der Waals surface area (Å²) in [6.07, 6.45) is 1.78. The van der Waals surface area contributed by atoms with E-state index in [1.807, 2.05) is 18.2 Å². The van der Waals surface area contributed by atoms with Gasteiger partial charge in [0.25, 0.3) is 5.91 Å². The molecule has 4 heteroatoms. The maximum atomic E-state index is 11.5. The van der Waals surface area contributed by atoms with Crippen LogP contribution in [0.3, 0.4) is 0 Å². The molecule has 1 aromatic carbocycles. The Balaban J connectivity index is 2.02. The summed E-state index contributed by atoms with van der Waals surface area (Å²) in [5.41, 5.74) is 1.41. The fraction of sp³-hybridized carbons (Fsp3) is 0.333. The van der Waals surface area contributed by atoms with Crippen molar-refractivity contribution in [1.29, 1.82) is 0 Å². The summed E-state index contributed by atoms with van der Waals surface area (Å²) < 4.78 is 5.47. The van der Waals surface area contributed by atoms with Gasteiger partial charge in [0.15, 0.2) is 0 Å². The van der Waals surface area contributed by atoms with Crippen LogP contribution >= 0.6 is 11.6 Å². The zero-order valence-electron chi connectivity index (χ0n) is 8.78. The van der Waals surface area contributed by atoms with Crippen molar-refractivity contribution in [3.63, 3.8) is 0 Å². The molecule has 1 aromatic rings. The summed E-state index contributed by atoms with van der Waals surface area (Å²) >= 11 is 5.56. The molecule has 0 atom stereocenters. The molecule has 84 valence electrons. The highest BCUT2D eigenvalue weighted by atomic mass is 35.5. The molecule has 3 nitrogen and oxygen atoms in total. The molecular formula is C12H12ClNO2. The van der Waals surface area contributed by atoms with Gasteiger partial charge in [-0.25, -0.2) is 0 Å². The molecule has 0 saturated carbocycles. The van der Waals surface area contributed by atoms with Crippen LogP contribution in [0, 0.1) is 0 Å². The van der Waals surface area contributed by atoms with E-state index >= 15 is 0 Å². The number of benzene rings is 1. The molecule has 1 aliphatic heterocycles. The summed E-state index contributed by atoms with van der Waals surface area (Å²) in [5, 5.41) is 0. The Morgan fingerprint density at radius 2 is 1.94 bits per heavy atom. The van der Waals surface area contributed by atoms with Gasteiger partial charge in [0.1, 0.15) is 0 Å². The second-order valence-electron chi connectivity index (χ2n) is 3.51. The zero-order valence-corrected chi connectivity index (χ0v) is 9.54. The lowest BCUT2D eigenvalue weighted by molar-refractivity contribution is 0.100. The third-order valence-electron chi connectivity index (χ3n) is 2.36. The molecule has 0 unspecified atom stereocenters. The van der Waals surface area contributed by atoms with Crippen LogP contribution in [-0.2, 0) is 4.74 Å². The Bertz CT molecular complexity index is 429. The molecule has 0 N–H and O–H groups in total. The number of hydrogen-bond acceptors (Lipinski definition) is 2. The van der Waals surface area contributed by atoms with Crippen molar-refractivity contribution < 1.29 is 9.53 Å². The zero-order chi connectivity index (χ0) is 11.4. The first-order chi connectivity index (χ1) is 7.83. The van der Waals surface area contributed by atoms with E-state index in [4.69, 9.17) is 16.3 Å². The van der Waals surface area contributed by atoms with E-state index in [9.17, 15) is 4.79 Å². The van der Waals surface area contributed by atoms with Crippen LogP contribution < -0.4 is 0 Å². The third-order valence-corrected chi connectivity index (χ3v) is 2.62. The lowest BCUT2D eigenvalue weighted by atomic mass is 10.1. The quantitative estimate of drug-likeness (QED) is 0.597. The normalized spacial score (nSPS) is 13.6. The lowest BCUT2D eigenvalue weighted by Gasteiger charge is -2.05. The number of amides is 1. The summed E-state index contributed by atoms with van der Waals surface area (Å²) in [4.78, 5) is 15.4. The topological polar surface area (TPSA) is 38.7 Å². The Morgan fingerprint density at radius 3 is 2.69 bits per heavy atom. The van der Waals surface area contributed by atoms with Gasteiger partial charge in [0, 0.05) is 11.4 Å². The molecule has 16 heavy (non-hydrogen) atoms. The van der Waals surface area contributed by atoms with E-state index in [1.54, 1.807) is 6.07 Å². The first kappa shape index (κ1) is 11.1. The number of nitrogens with zero attached hydrogens (tertiary/aromatic N) is 1. The van der Waals surface area contributed by atoms with Crippen molar-refractivity contribution in [2.45, 2.75) is 12.8 Å². The highest BCUT2D eigenvalue weighted by Gasteiger charge is 2.23. The number of fused-ring (bicyclic) bond motifs is 1. The lowest BCUT2D eigenvalue weighted by Crippen LogP contribution is -2.05. The van der Waals surface area contributed by atoms with Crippen molar-refractivity contribution in [2.24, 2.45) is 4.99 Å². The highest BCUT2D eigenvalue weighted by molar-refractivity contribution is 6.18. The van der Waals surface area contributed by atoms with E-state index in [0.717, 1.165) is 18.4 Å². The maximum absolute atomic E-state index is 11.5. The van der Waals surface area contributed by atoms with Gasteiger partial charge in [-0.05, 0) is 25.0 Å². The molecule has 0 bridgehead atoms. The van der Waals surface area contributed by atoms with Crippen molar-refractivity contribution in [2.75, 3.05) is 12.5 Å².